The van der Waals surface area contributed by atoms with Crippen molar-refractivity contribution in [1.82, 2.24) is 0 Å². The smallest absolute Gasteiger partial charge is 0.269 e. The second-order valence-electron chi connectivity index (χ2n) is 4.66. The van der Waals surface area contributed by atoms with Gasteiger partial charge in [-0.25, -0.2) is 0 Å². The molecule has 1 rings (SSSR count). The van der Waals surface area contributed by atoms with Gasteiger partial charge in [0.2, 0.25) is 5.91 Å². The summed E-state index contributed by atoms with van der Waals surface area (Å²) in [6, 6.07) is 3.72. The average molecular weight is 265 g/mol. The number of amides is 1. The fourth-order valence-electron chi connectivity index (χ4n) is 1.63. The first-order chi connectivity index (χ1) is 8.86. The van der Waals surface area contributed by atoms with Gasteiger partial charge < -0.3 is 11.1 Å². The van der Waals surface area contributed by atoms with Crippen LogP contribution in [0.2, 0.25) is 0 Å². The van der Waals surface area contributed by atoms with E-state index in [4.69, 9.17) is 5.73 Å². The van der Waals surface area contributed by atoms with Gasteiger partial charge in [0.25, 0.3) is 5.69 Å². The molecular weight excluding hydrogens is 246 g/mol. The maximum absolute atomic E-state index is 11.9. The number of non-ortho nitro benzene ring substituents is 1. The van der Waals surface area contributed by atoms with Crippen LogP contribution in [0.5, 0.6) is 0 Å². The van der Waals surface area contributed by atoms with Crippen LogP contribution in [0.25, 0.3) is 0 Å². The van der Waals surface area contributed by atoms with Gasteiger partial charge in [-0.05, 0) is 24.5 Å². The van der Waals surface area contributed by atoms with Crippen molar-refractivity contribution in [2.24, 2.45) is 11.7 Å². The van der Waals surface area contributed by atoms with Crippen LogP contribution in [0.4, 0.5) is 11.4 Å². The Labute approximate surface area is 112 Å². The molecular formula is C13H19N3O3. The van der Waals surface area contributed by atoms with Crippen molar-refractivity contribution in [1.29, 1.82) is 0 Å². The zero-order valence-electron chi connectivity index (χ0n) is 11.3. The highest BCUT2D eigenvalue weighted by atomic mass is 16.6. The number of rotatable bonds is 5. The van der Waals surface area contributed by atoms with Crippen LogP contribution in [0, 0.1) is 23.0 Å². The summed E-state index contributed by atoms with van der Waals surface area (Å²) in [5.74, 6) is -0.190. The zero-order chi connectivity index (χ0) is 14.6. The first kappa shape index (κ1) is 15.1. The van der Waals surface area contributed by atoms with Gasteiger partial charge in [0.1, 0.15) is 0 Å². The van der Waals surface area contributed by atoms with Crippen LogP contribution < -0.4 is 11.1 Å². The summed E-state index contributed by atoms with van der Waals surface area (Å²) in [5.41, 5.74) is 7.02. The third kappa shape index (κ3) is 3.75. The SMILES string of the molecule is CCC(C)C(N)C(=O)Nc1ccc([N+](=O)[O-])cc1C. The fourth-order valence-corrected chi connectivity index (χ4v) is 1.63. The molecule has 0 aliphatic rings. The highest BCUT2D eigenvalue weighted by Gasteiger charge is 2.20. The maximum Gasteiger partial charge on any atom is 0.269 e. The Morgan fingerprint density at radius 2 is 2.16 bits per heavy atom. The Bertz CT molecular complexity index is 488. The quantitative estimate of drug-likeness (QED) is 0.630. The minimum absolute atomic E-state index is 0.00160. The molecule has 0 aromatic heterocycles. The summed E-state index contributed by atoms with van der Waals surface area (Å²) >= 11 is 0. The molecule has 3 N–H and O–H groups in total. The van der Waals surface area contributed by atoms with Crippen LogP contribution >= 0.6 is 0 Å². The molecule has 0 saturated heterocycles. The summed E-state index contributed by atoms with van der Waals surface area (Å²) in [4.78, 5) is 22.1. The Morgan fingerprint density at radius 1 is 1.53 bits per heavy atom. The van der Waals surface area contributed by atoms with Crippen LogP contribution in [-0.2, 0) is 4.79 Å². The lowest BCUT2D eigenvalue weighted by Gasteiger charge is -2.18. The molecule has 19 heavy (non-hydrogen) atoms. The standard InChI is InChI=1S/C13H19N3O3/c1-4-8(2)12(14)13(17)15-11-6-5-10(16(18)19)7-9(11)3/h5-8,12H,4,14H2,1-3H3,(H,15,17). The number of nitrogens with one attached hydrogen (secondary N) is 1. The lowest BCUT2D eigenvalue weighted by Crippen LogP contribution is -2.40. The van der Waals surface area contributed by atoms with E-state index >= 15 is 0 Å². The van der Waals surface area contributed by atoms with Crippen molar-refractivity contribution >= 4 is 17.3 Å². The molecule has 0 aliphatic carbocycles. The molecule has 0 heterocycles. The summed E-state index contributed by atoms with van der Waals surface area (Å²) in [7, 11) is 0. The van der Waals surface area contributed by atoms with E-state index in [2.05, 4.69) is 5.32 Å². The zero-order valence-corrected chi connectivity index (χ0v) is 11.3. The molecule has 104 valence electrons. The number of aryl methyl sites for hydroxylation is 1. The molecule has 6 heteroatoms. The van der Waals surface area contributed by atoms with Gasteiger partial charge in [0.15, 0.2) is 0 Å². The van der Waals surface area contributed by atoms with Crippen molar-refractivity contribution in [3.63, 3.8) is 0 Å². The van der Waals surface area contributed by atoms with Crippen LogP contribution in [0.15, 0.2) is 18.2 Å². The van der Waals surface area contributed by atoms with Gasteiger partial charge in [0.05, 0.1) is 11.0 Å². The normalized spacial score (nSPS) is 13.7. The summed E-state index contributed by atoms with van der Waals surface area (Å²) in [6.07, 6.45) is 0.813. The van der Waals surface area contributed by atoms with Gasteiger partial charge in [-0.1, -0.05) is 20.3 Å². The van der Waals surface area contributed by atoms with Crippen molar-refractivity contribution in [2.75, 3.05) is 5.32 Å². The molecule has 1 amide bonds. The maximum atomic E-state index is 11.9. The topological polar surface area (TPSA) is 98.3 Å². The highest BCUT2D eigenvalue weighted by molar-refractivity contribution is 5.95. The van der Waals surface area contributed by atoms with E-state index < -0.39 is 11.0 Å². The van der Waals surface area contributed by atoms with E-state index in [-0.39, 0.29) is 17.5 Å². The number of nitro benzene ring substituents is 1. The van der Waals surface area contributed by atoms with Crippen molar-refractivity contribution < 1.29 is 9.72 Å². The molecule has 0 spiro atoms. The summed E-state index contributed by atoms with van der Waals surface area (Å²) < 4.78 is 0. The first-order valence-corrected chi connectivity index (χ1v) is 6.18. The van der Waals surface area contributed by atoms with Crippen LogP contribution in [0.3, 0.4) is 0 Å². The van der Waals surface area contributed by atoms with E-state index in [0.717, 1.165) is 6.42 Å². The Morgan fingerprint density at radius 3 is 2.63 bits per heavy atom. The number of nitrogens with two attached hydrogens (primary N) is 1. The number of anilines is 1. The van der Waals surface area contributed by atoms with E-state index in [0.29, 0.717) is 11.3 Å². The molecule has 0 bridgehead atoms. The van der Waals surface area contributed by atoms with Crippen molar-refractivity contribution in [2.45, 2.75) is 33.2 Å². The third-order valence-corrected chi connectivity index (χ3v) is 3.24. The lowest BCUT2D eigenvalue weighted by molar-refractivity contribution is -0.384. The number of hydrogen-bond donors (Lipinski definition) is 2. The molecule has 0 fully saturated rings. The molecule has 1 aromatic carbocycles. The molecule has 2 unspecified atom stereocenters. The number of hydrogen-bond acceptors (Lipinski definition) is 4. The minimum atomic E-state index is -0.584. The van der Waals surface area contributed by atoms with Gasteiger partial charge >= 0.3 is 0 Å². The van der Waals surface area contributed by atoms with E-state index in [1.807, 2.05) is 13.8 Å². The number of benzene rings is 1. The van der Waals surface area contributed by atoms with Crippen molar-refractivity contribution in [3.05, 3.63) is 33.9 Å². The Balaban J connectivity index is 2.83. The number of nitro groups is 1. The van der Waals surface area contributed by atoms with Gasteiger partial charge in [-0.3, -0.25) is 14.9 Å². The van der Waals surface area contributed by atoms with E-state index in [1.54, 1.807) is 6.92 Å². The lowest BCUT2D eigenvalue weighted by atomic mass is 9.99. The Hall–Kier alpha value is -1.95. The van der Waals surface area contributed by atoms with Gasteiger partial charge in [-0.15, -0.1) is 0 Å². The predicted molar refractivity (Wildman–Crippen MR) is 73.9 cm³/mol. The molecule has 0 radical (unpaired) electrons. The second-order valence-corrected chi connectivity index (χ2v) is 4.66. The van der Waals surface area contributed by atoms with Gasteiger partial charge in [-0.2, -0.15) is 0 Å². The molecule has 0 saturated carbocycles. The predicted octanol–water partition coefficient (Wildman–Crippen LogP) is 2.22. The molecule has 1 aromatic rings. The summed E-state index contributed by atoms with van der Waals surface area (Å²) in [5, 5.41) is 13.3. The summed E-state index contributed by atoms with van der Waals surface area (Å²) in [6.45, 7) is 5.58. The van der Waals surface area contributed by atoms with Gasteiger partial charge in [0, 0.05) is 17.8 Å². The number of carbonyl (C=O) groups excluding carboxylic acids is 1. The van der Waals surface area contributed by atoms with E-state index in [1.165, 1.54) is 18.2 Å². The third-order valence-electron chi connectivity index (χ3n) is 3.24. The highest BCUT2D eigenvalue weighted by Crippen LogP contribution is 2.21. The first-order valence-electron chi connectivity index (χ1n) is 6.18. The average Bonchev–Trinajstić information content (AvgIpc) is 2.38. The number of carbonyl (C=O) groups is 1. The van der Waals surface area contributed by atoms with Crippen LogP contribution in [-0.4, -0.2) is 16.9 Å². The molecule has 6 nitrogen and oxygen atoms in total. The minimum Gasteiger partial charge on any atom is -0.324 e. The fraction of sp³-hybridized carbons (Fsp3) is 0.462. The monoisotopic (exact) mass is 265 g/mol. The largest absolute Gasteiger partial charge is 0.324 e. The van der Waals surface area contributed by atoms with Crippen molar-refractivity contribution in [3.8, 4) is 0 Å². The Kier molecular flexibility index (Phi) is 5.00. The molecule has 0 aliphatic heterocycles. The second kappa shape index (κ2) is 6.29. The van der Waals surface area contributed by atoms with Crippen LogP contribution in [0.1, 0.15) is 25.8 Å². The number of nitrogens with zero attached hydrogens (tertiary/aromatic N) is 1. The van der Waals surface area contributed by atoms with E-state index in [9.17, 15) is 14.9 Å². The molecule has 2 atom stereocenters.